The zero-order valence-electron chi connectivity index (χ0n) is 12.3. The Morgan fingerprint density at radius 2 is 1.33 bits per heavy atom. The molecule has 0 aromatic heterocycles. The second-order valence-electron chi connectivity index (χ2n) is 6.02. The third-order valence-corrected chi connectivity index (χ3v) is 4.73. The molecule has 2 rings (SSSR count). The lowest BCUT2D eigenvalue weighted by Crippen LogP contribution is -2.34. The van der Waals surface area contributed by atoms with Crippen LogP contribution in [0.25, 0.3) is 0 Å². The fraction of sp³-hybridized carbons (Fsp3) is 0.333. The lowest BCUT2D eigenvalue weighted by atomic mass is 9.81. The van der Waals surface area contributed by atoms with E-state index in [2.05, 4.69) is 56.1 Å². The third-order valence-electron chi connectivity index (χ3n) is 3.74. The van der Waals surface area contributed by atoms with E-state index in [4.69, 9.17) is 0 Å². The largest absolute Gasteiger partial charge is 0.390 e. The smallest absolute Gasteiger partial charge is 0.0626 e. The lowest BCUT2D eigenvalue weighted by molar-refractivity contribution is 0.0171. The summed E-state index contributed by atoms with van der Waals surface area (Å²) in [6, 6.07) is 16.6. The van der Waals surface area contributed by atoms with Gasteiger partial charge in [0.2, 0.25) is 0 Å². The fourth-order valence-electron chi connectivity index (χ4n) is 2.47. The van der Waals surface area contributed by atoms with Gasteiger partial charge in [-0.25, -0.2) is 0 Å². The molecular formula is C18H20Br2O. The van der Waals surface area contributed by atoms with Crippen molar-refractivity contribution in [1.29, 1.82) is 0 Å². The van der Waals surface area contributed by atoms with Gasteiger partial charge in [-0.15, -0.1) is 0 Å². The van der Waals surface area contributed by atoms with Gasteiger partial charge in [0.05, 0.1) is 5.60 Å². The van der Waals surface area contributed by atoms with E-state index in [1.54, 1.807) is 0 Å². The Morgan fingerprint density at radius 1 is 0.905 bits per heavy atom. The van der Waals surface area contributed by atoms with Crippen molar-refractivity contribution >= 4 is 31.9 Å². The fourth-order valence-corrected chi connectivity index (χ4v) is 3.36. The minimum absolute atomic E-state index is 0.168. The zero-order chi connectivity index (χ0) is 15.5. The van der Waals surface area contributed by atoms with E-state index in [0.29, 0.717) is 0 Å². The van der Waals surface area contributed by atoms with E-state index >= 15 is 0 Å². The molecule has 0 saturated heterocycles. The number of hydrogen-bond acceptors (Lipinski definition) is 1. The van der Waals surface area contributed by atoms with E-state index in [0.717, 1.165) is 21.8 Å². The highest BCUT2D eigenvalue weighted by Gasteiger charge is 2.27. The third kappa shape index (κ3) is 5.24. The highest BCUT2D eigenvalue weighted by atomic mass is 79.9. The first-order valence-electron chi connectivity index (χ1n) is 7.06. The van der Waals surface area contributed by atoms with Gasteiger partial charge in [0.1, 0.15) is 0 Å². The molecule has 0 aliphatic heterocycles. The summed E-state index contributed by atoms with van der Waals surface area (Å²) in [5.74, 6) is 0.168. The van der Waals surface area contributed by atoms with Crippen molar-refractivity contribution < 1.29 is 5.11 Å². The van der Waals surface area contributed by atoms with E-state index in [1.165, 1.54) is 11.1 Å². The van der Waals surface area contributed by atoms with Crippen LogP contribution in [0.5, 0.6) is 0 Å². The quantitative estimate of drug-likeness (QED) is 0.699. The second kappa shape index (κ2) is 7.08. The monoisotopic (exact) mass is 410 g/mol. The number of halogens is 2. The molecule has 0 spiro atoms. The van der Waals surface area contributed by atoms with E-state index in [1.807, 2.05) is 38.1 Å². The van der Waals surface area contributed by atoms with Gasteiger partial charge in [0.15, 0.2) is 0 Å². The zero-order valence-corrected chi connectivity index (χ0v) is 15.5. The van der Waals surface area contributed by atoms with Crippen molar-refractivity contribution in [2.75, 3.05) is 0 Å². The standard InChI is InChI=1S/C18H20Br2O/c1-18(2,21)15(9-13-5-3-7-16(19)11-13)10-14-6-4-8-17(20)12-14/h3-8,11-12,15,21H,9-10H2,1-2H3. The molecule has 21 heavy (non-hydrogen) atoms. The van der Waals surface area contributed by atoms with Crippen LogP contribution < -0.4 is 0 Å². The molecule has 0 atom stereocenters. The molecular weight excluding hydrogens is 392 g/mol. The van der Waals surface area contributed by atoms with Crippen LogP contribution in [0.2, 0.25) is 0 Å². The molecule has 0 radical (unpaired) electrons. The Morgan fingerprint density at radius 3 is 1.67 bits per heavy atom. The number of benzene rings is 2. The molecule has 0 aliphatic rings. The molecule has 1 nitrogen and oxygen atoms in total. The van der Waals surface area contributed by atoms with Crippen LogP contribution >= 0.6 is 31.9 Å². The maximum atomic E-state index is 10.5. The van der Waals surface area contributed by atoms with Crippen LogP contribution in [0.3, 0.4) is 0 Å². The van der Waals surface area contributed by atoms with Crippen molar-refractivity contribution in [3.63, 3.8) is 0 Å². The summed E-state index contributed by atoms with van der Waals surface area (Å²) in [5, 5.41) is 10.5. The molecule has 1 N–H and O–H groups in total. The van der Waals surface area contributed by atoms with Gasteiger partial charge in [0, 0.05) is 8.95 Å². The number of rotatable bonds is 5. The molecule has 112 valence electrons. The van der Waals surface area contributed by atoms with Crippen LogP contribution in [0.1, 0.15) is 25.0 Å². The van der Waals surface area contributed by atoms with Crippen molar-refractivity contribution in [3.05, 3.63) is 68.6 Å². The average Bonchev–Trinajstić information content (AvgIpc) is 2.37. The molecule has 0 bridgehead atoms. The van der Waals surface area contributed by atoms with Gasteiger partial charge >= 0.3 is 0 Å². The van der Waals surface area contributed by atoms with Crippen LogP contribution in [-0.4, -0.2) is 10.7 Å². The first-order valence-corrected chi connectivity index (χ1v) is 8.64. The maximum Gasteiger partial charge on any atom is 0.0626 e. The second-order valence-corrected chi connectivity index (χ2v) is 7.85. The van der Waals surface area contributed by atoms with Gasteiger partial charge in [-0.1, -0.05) is 56.1 Å². The Balaban J connectivity index is 2.19. The molecule has 0 heterocycles. The Bertz CT molecular complexity index is 555. The SMILES string of the molecule is CC(C)(O)C(Cc1cccc(Br)c1)Cc1cccc(Br)c1. The molecule has 0 aliphatic carbocycles. The normalized spacial score (nSPS) is 11.9. The molecule has 3 heteroatoms. The predicted octanol–water partition coefficient (Wildman–Crippen LogP) is 5.38. The molecule has 0 fully saturated rings. The first-order chi connectivity index (χ1) is 9.84. The summed E-state index contributed by atoms with van der Waals surface area (Å²) in [5.41, 5.74) is 1.77. The van der Waals surface area contributed by atoms with Gasteiger partial charge in [0.25, 0.3) is 0 Å². The highest BCUT2D eigenvalue weighted by Crippen LogP contribution is 2.27. The maximum absolute atomic E-state index is 10.5. The molecule has 0 unspecified atom stereocenters. The Hall–Kier alpha value is -0.640. The van der Waals surface area contributed by atoms with E-state index in [-0.39, 0.29) is 5.92 Å². The molecule has 2 aromatic rings. The van der Waals surface area contributed by atoms with Crippen molar-refractivity contribution in [2.24, 2.45) is 5.92 Å². The average molecular weight is 412 g/mol. The highest BCUT2D eigenvalue weighted by molar-refractivity contribution is 9.10. The molecule has 2 aromatic carbocycles. The Kier molecular flexibility index (Phi) is 5.64. The number of aliphatic hydroxyl groups is 1. The van der Waals surface area contributed by atoms with Crippen molar-refractivity contribution in [1.82, 2.24) is 0 Å². The molecule has 0 saturated carbocycles. The van der Waals surface area contributed by atoms with Gasteiger partial charge in [-0.05, 0) is 68.0 Å². The number of hydrogen-bond donors (Lipinski definition) is 1. The summed E-state index contributed by atoms with van der Waals surface area (Å²) in [6.07, 6.45) is 1.71. The summed E-state index contributed by atoms with van der Waals surface area (Å²) < 4.78 is 2.16. The van der Waals surface area contributed by atoms with Crippen LogP contribution in [0.15, 0.2) is 57.5 Å². The predicted molar refractivity (Wildman–Crippen MR) is 95.5 cm³/mol. The lowest BCUT2D eigenvalue weighted by Gasteiger charge is -2.30. The summed E-state index contributed by atoms with van der Waals surface area (Å²) in [4.78, 5) is 0. The van der Waals surface area contributed by atoms with Crippen LogP contribution in [0.4, 0.5) is 0 Å². The van der Waals surface area contributed by atoms with Crippen molar-refractivity contribution in [2.45, 2.75) is 32.3 Å². The first kappa shape index (κ1) is 16.7. The van der Waals surface area contributed by atoms with E-state index in [9.17, 15) is 5.11 Å². The summed E-state index contributed by atoms with van der Waals surface area (Å²) >= 11 is 7.02. The van der Waals surface area contributed by atoms with Gasteiger partial charge < -0.3 is 5.11 Å². The van der Waals surface area contributed by atoms with Crippen molar-refractivity contribution in [3.8, 4) is 0 Å². The van der Waals surface area contributed by atoms with Crippen LogP contribution in [0, 0.1) is 5.92 Å². The minimum Gasteiger partial charge on any atom is -0.390 e. The van der Waals surface area contributed by atoms with Gasteiger partial charge in [-0.2, -0.15) is 0 Å². The minimum atomic E-state index is -0.718. The van der Waals surface area contributed by atoms with E-state index < -0.39 is 5.60 Å². The summed E-state index contributed by atoms with van der Waals surface area (Å²) in [7, 11) is 0. The van der Waals surface area contributed by atoms with Gasteiger partial charge in [-0.3, -0.25) is 0 Å². The molecule has 0 amide bonds. The topological polar surface area (TPSA) is 20.2 Å². The Labute approximate surface area is 143 Å². The van der Waals surface area contributed by atoms with Crippen LogP contribution in [-0.2, 0) is 12.8 Å². The summed E-state index contributed by atoms with van der Waals surface area (Å²) in [6.45, 7) is 3.79.